The second-order valence-electron chi connectivity index (χ2n) is 8.19. The van der Waals surface area contributed by atoms with Crippen LogP contribution in [0.1, 0.15) is 18.4 Å². The second kappa shape index (κ2) is 8.15. The number of carboxylic acids is 2. The van der Waals surface area contributed by atoms with Crippen LogP contribution < -0.4 is 9.04 Å². The lowest BCUT2D eigenvalue weighted by Crippen LogP contribution is -2.57. The van der Waals surface area contributed by atoms with Crippen LogP contribution in [0, 0.1) is 11.3 Å². The van der Waals surface area contributed by atoms with Crippen LogP contribution in [-0.4, -0.2) is 43.2 Å². The van der Waals surface area contributed by atoms with Gasteiger partial charge >= 0.3 is 18.1 Å². The van der Waals surface area contributed by atoms with E-state index in [1.807, 2.05) is 0 Å². The van der Waals surface area contributed by atoms with Gasteiger partial charge in [-0.2, -0.15) is 13.2 Å². The predicted octanol–water partition coefficient (Wildman–Crippen LogP) is 3.99. The Morgan fingerprint density at radius 2 is 1.74 bits per heavy atom. The third-order valence-electron chi connectivity index (χ3n) is 6.13. The lowest BCUT2D eigenvalue weighted by Gasteiger charge is -2.47. The number of halogens is 4. The number of alkyl halides is 3. The van der Waals surface area contributed by atoms with E-state index in [2.05, 4.69) is 15.9 Å². The number of ether oxygens (including phenoxy) is 1. The summed E-state index contributed by atoms with van der Waals surface area (Å²) < 4.78 is 73.8. The fourth-order valence-corrected chi connectivity index (χ4v) is 6.09. The molecule has 1 heterocycles. The Morgan fingerprint density at radius 3 is 2.32 bits per heavy atom. The van der Waals surface area contributed by atoms with E-state index in [0.717, 1.165) is 22.5 Å². The van der Waals surface area contributed by atoms with Crippen molar-refractivity contribution in [2.75, 3.05) is 10.8 Å². The van der Waals surface area contributed by atoms with Gasteiger partial charge in [-0.3, -0.25) is 13.9 Å². The monoisotopic (exact) mass is 563 g/mol. The predicted molar refractivity (Wildman–Crippen MR) is 115 cm³/mol. The highest BCUT2D eigenvalue weighted by Crippen LogP contribution is 2.51. The van der Waals surface area contributed by atoms with Gasteiger partial charge in [0.1, 0.15) is 11.9 Å². The Bertz CT molecular complexity index is 1260. The van der Waals surface area contributed by atoms with Crippen LogP contribution in [-0.2, 0) is 25.8 Å². The summed E-state index contributed by atoms with van der Waals surface area (Å²) in [5.41, 5.74) is -3.02. The Balaban J connectivity index is 1.72. The molecule has 0 amide bonds. The van der Waals surface area contributed by atoms with Crippen molar-refractivity contribution in [2.24, 2.45) is 11.3 Å². The van der Waals surface area contributed by atoms with E-state index < -0.39 is 56.0 Å². The maximum atomic E-state index is 13.5. The van der Waals surface area contributed by atoms with Gasteiger partial charge in [0.25, 0.3) is 10.0 Å². The number of carbonyl (C=O) groups is 2. The molecular weight excluding hydrogens is 547 g/mol. The fourth-order valence-electron chi connectivity index (χ4n) is 4.22. The topological polar surface area (TPSA) is 121 Å². The molecule has 1 aliphatic heterocycles. The van der Waals surface area contributed by atoms with Crippen LogP contribution in [0.15, 0.2) is 51.8 Å². The molecule has 1 saturated carbocycles. The number of fused-ring (bicyclic) bond motifs is 1. The summed E-state index contributed by atoms with van der Waals surface area (Å²) in [7, 11) is -4.49. The van der Waals surface area contributed by atoms with E-state index in [0.29, 0.717) is 10.5 Å². The summed E-state index contributed by atoms with van der Waals surface area (Å²) in [6, 6.07) is 7.84. The molecule has 2 N–H and O–H groups in total. The van der Waals surface area contributed by atoms with Crippen molar-refractivity contribution in [3.8, 4) is 5.75 Å². The third-order valence-corrected chi connectivity index (χ3v) is 8.40. The molecule has 1 aliphatic carbocycles. The van der Waals surface area contributed by atoms with Gasteiger partial charge in [-0.25, -0.2) is 8.42 Å². The summed E-state index contributed by atoms with van der Waals surface area (Å²) in [5, 5.41) is 18.7. The number of anilines is 1. The van der Waals surface area contributed by atoms with E-state index in [-0.39, 0.29) is 30.8 Å². The Hall–Kier alpha value is -2.80. The number of nitrogens with zero attached hydrogens (tertiary/aromatic N) is 1. The number of carboxylic acid groups (broad SMARTS) is 2. The molecule has 0 bridgehead atoms. The van der Waals surface area contributed by atoms with Gasteiger partial charge in [0.05, 0.1) is 22.7 Å². The summed E-state index contributed by atoms with van der Waals surface area (Å²) in [6.07, 6.45) is -6.19. The number of aliphatic carboxylic acids is 2. The molecule has 2 aromatic rings. The van der Waals surface area contributed by atoms with Crippen LogP contribution in [0.25, 0.3) is 0 Å². The first-order chi connectivity index (χ1) is 15.8. The zero-order valence-corrected chi connectivity index (χ0v) is 19.5. The van der Waals surface area contributed by atoms with Gasteiger partial charge in [0, 0.05) is 10.4 Å². The van der Waals surface area contributed by atoms with Crippen molar-refractivity contribution >= 4 is 43.6 Å². The van der Waals surface area contributed by atoms with Crippen LogP contribution in [0.3, 0.4) is 0 Å². The smallest absolute Gasteiger partial charge is 0.416 e. The number of benzene rings is 2. The Labute approximate surface area is 200 Å². The van der Waals surface area contributed by atoms with Crippen LogP contribution >= 0.6 is 15.9 Å². The number of rotatable bonds is 5. The molecule has 4 rings (SSSR count). The van der Waals surface area contributed by atoms with Crippen molar-refractivity contribution in [1.29, 1.82) is 0 Å². The van der Waals surface area contributed by atoms with Gasteiger partial charge in [-0.15, -0.1) is 0 Å². The van der Waals surface area contributed by atoms with E-state index in [1.54, 1.807) is 6.07 Å². The average molecular weight is 564 g/mol. The highest BCUT2D eigenvalue weighted by molar-refractivity contribution is 9.10. The zero-order chi connectivity index (χ0) is 25.1. The van der Waals surface area contributed by atoms with Gasteiger partial charge in [0.15, 0.2) is 5.41 Å². The first kappa shape index (κ1) is 24.3. The quantitative estimate of drug-likeness (QED) is 0.527. The minimum absolute atomic E-state index is 0.0880. The second-order valence-corrected chi connectivity index (χ2v) is 11.0. The van der Waals surface area contributed by atoms with Crippen molar-refractivity contribution in [2.45, 2.75) is 30.0 Å². The normalized spacial score (nSPS) is 20.1. The van der Waals surface area contributed by atoms with Crippen LogP contribution in [0.4, 0.5) is 18.9 Å². The summed E-state index contributed by atoms with van der Waals surface area (Å²) >= 11 is 3.24. The largest absolute Gasteiger partial charge is 0.486 e. The SMILES string of the molecule is O=C(O)C1(C(=O)O)CC([C@H]2CN(S(=O)(=O)c3cccc(C(F)(F)F)c3)c3cc(Br)ccc3O2)C1. The summed E-state index contributed by atoms with van der Waals surface area (Å²) in [6.45, 7) is -0.331. The molecule has 2 aromatic carbocycles. The Morgan fingerprint density at radius 1 is 1.09 bits per heavy atom. The van der Waals surface area contributed by atoms with Gasteiger partial charge in [-0.1, -0.05) is 22.0 Å². The Kier molecular flexibility index (Phi) is 5.83. The van der Waals surface area contributed by atoms with Crippen LogP contribution in [0.2, 0.25) is 0 Å². The first-order valence-electron chi connectivity index (χ1n) is 9.89. The molecule has 0 aromatic heterocycles. The van der Waals surface area contributed by atoms with Crippen molar-refractivity contribution in [1.82, 2.24) is 0 Å². The highest BCUT2D eigenvalue weighted by atomic mass is 79.9. The standard InChI is InChI=1S/C21H17BrF3NO7S/c22-13-4-5-16-15(7-13)26(34(31,32)14-3-1-2-12(6-14)21(23,24)25)10-17(33-16)11-8-20(9-11,18(27)28)19(29)30/h1-7,11,17H,8-10H2,(H,27,28)(H,29,30)/t17-/m1/s1. The molecule has 0 spiro atoms. The number of sulfonamides is 1. The molecule has 1 fully saturated rings. The first-order valence-corrected chi connectivity index (χ1v) is 12.1. The van der Waals surface area contributed by atoms with Gasteiger partial charge in [-0.05, 0) is 49.2 Å². The number of hydrogen-bond acceptors (Lipinski definition) is 5. The summed E-state index contributed by atoms with van der Waals surface area (Å²) in [4.78, 5) is 22.4. The van der Waals surface area contributed by atoms with E-state index in [4.69, 9.17) is 4.74 Å². The van der Waals surface area contributed by atoms with Gasteiger partial charge in [0.2, 0.25) is 0 Å². The molecule has 0 unspecified atom stereocenters. The van der Waals surface area contributed by atoms with E-state index in [9.17, 15) is 41.4 Å². The van der Waals surface area contributed by atoms with Crippen molar-refractivity contribution < 1.29 is 46.1 Å². The summed E-state index contributed by atoms with van der Waals surface area (Å²) in [5.74, 6) is -3.46. The molecular formula is C21H17BrF3NO7S. The maximum Gasteiger partial charge on any atom is 0.416 e. The molecule has 1 atom stereocenters. The molecule has 182 valence electrons. The molecule has 13 heteroatoms. The molecule has 8 nitrogen and oxygen atoms in total. The minimum Gasteiger partial charge on any atom is -0.486 e. The molecule has 34 heavy (non-hydrogen) atoms. The van der Waals surface area contributed by atoms with Gasteiger partial charge < -0.3 is 14.9 Å². The van der Waals surface area contributed by atoms with E-state index in [1.165, 1.54) is 12.1 Å². The fraction of sp³-hybridized carbons (Fsp3) is 0.333. The average Bonchev–Trinajstić information content (AvgIpc) is 2.71. The highest BCUT2D eigenvalue weighted by Gasteiger charge is 2.60. The van der Waals surface area contributed by atoms with Crippen molar-refractivity contribution in [3.05, 3.63) is 52.5 Å². The lowest BCUT2D eigenvalue weighted by molar-refractivity contribution is -0.178. The zero-order valence-electron chi connectivity index (χ0n) is 17.1. The van der Waals surface area contributed by atoms with E-state index >= 15 is 0 Å². The molecule has 0 saturated heterocycles. The lowest BCUT2D eigenvalue weighted by atomic mass is 9.60. The van der Waals surface area contributed by atoms with Crippen molar-refractivity contribution in [3.63, 3.8) is 0 Å². The maximum absolute atomic E-state index is 13.5. The van der Waals surface area contributed by atoms with Crippen LogP contribution in [0.5, 0.6) is 5.75 Å². The minimum atomic E-state index is -4.75. The molecule has 2 aliphatic rings. The third kappa shape index (κ3) is 4.00. The molecule has 0 radical (unpaired) electrons. The number of hydrogen-bond donors (Lipinski definition) is 2.